The molecule has 1 amide bonds. The second-order valence-corrected chi connectivity index (χ2v) is 9.28. The molecule has 0 saturated heterocycles. The van der Waals surface area contributed by atoms with Crippen molar-refractivity contribution in [3.05, 3.63) is 40.7 Å². The van der Waals surface area contributed by atoms with Crippen LogP contribution in [0.15, 0.2) is 18.2 Å². The van der Waals surface area contributed by atoms with Crippen LogP contribution in [0.4, 0.5) is 5.69 Å². The average molecular weight is 441 g/mol. The van der Waals surface area contributed by atoms with Crippen molar-refractivity contribution in [2.45, 2.75) is 65.7 Å². The molecule has 0 aliphatic heterocycles. The van der Waals surface area contributed by atoms with Gasteiger partial charge in [0.25, 0.3) is 0 Å². The summed E-state index contributed by atoms with van der Waals surface area (Å²) in [5.74, 6) is -0.226. The first kappa shape index (κ1) is 23.7. The minimum atomic E-state index is -0.364. The zero-order valence-corrected chi connectivity index (χ0v) is 19.0. The van der Waals surface area contributed by atoms with Crippen LogP contribution in [0.5, 0.6) is 0 Å². The van der Waals surface area contributed by atoms with E-state index in [9.17, 15) is 14.4 Å². The van der Waals surface area contributed by atoms with E-state index in [1.165, 1.54) is 0 Å². The minimum absolute atomic E-state index is 0.115. The average Bonchev–Trinajstić information content (AvgIpc) is 3.07. The van der Waals surface area contributed by atoms with Crippen molar-refractivity contribution in [2.75, 3.05) is 11.9 Å². The lowest BCUT2D eigenvalue weighted by atomic mass is 9.75. The number of anilines is 1. The minimum Gasteiger partial charge on any atom is -0.384 e. The normalized spacial score (nSPS) is 14.7. The number of carbonyl (C=O) groups is 3. The number of Topliss-reactive ketones (excluding diaryl/α,β-unsaturated/α-hetero) is 1. The van der Waals surface area contributed by atoms with Gasteiger partial charge in [0.2, 0.25) is 5.91 Å². The van der Waals surface area contributed by atoms with E-state index < -0.39 is 0 Å². The lowest BCUT2D eigenvalue weighted by molar-refractivity contribution is -0.129. The van der Waals surface area contributed by atoms with Gasteiger partial charge < -0.3 is 5.32 Å². The topological polar surface area (TPSA) is 113 Å². The Hall–Kier alpha value is -3.00. The molecule has 3 rings (SSSR count). The first-order chi connectivity index (χ1) is 15.3. The zero-order chi connectivity index (χ0) is 23.3. The fourth-order valence-corrected chi connectivity index (χ4v) is 4.33. The van der Waals surface area contributed by atoms with Crippen LogP contribution in [0, 0.1) is 12.3 Å². The molecule has 0 bridgehead atoms. The predicted molar refractivity (Wildman–Crippen MR) is 122 cm³/mol. The number of aryl methyl sites for hydroxylation is 1. The Morgan fingerprint density at radius 2 is 1.97 bits per heavy atom. The number of hydrogen-bond donors (Lipinski definition) is 3. The Morgan fingerprint density at radius 3 is 2.69 bits per heavy atom. The molecular formula is C24H32N4O4. The van der Waals surface area contributed by atoms with E-state index in [-0.39, 0.29) is 17.1 Å². The van der Waals surface area contributed by atoms with Crippen molar-refractivity contribution < 1.29 is 19.6 Å². The number of benzene rings is 1. The summed E-state index contributed by atoms with van der Waals surface area (Å²) in [6, 6.07) is 5.55. The first-order valence-electron chi connectivity index (χ1n) is 11.1. The summed E-state index contributed by atoms with van der Waals surface area (Å²) >= 11 is 0. The molecule has 8 nitrogen and oxygen atoms in total. The second-order valence-electron chi connectivity index (χ2n) is 9.28. The third kappa shape index (κ3) is 5.43. The summed E-state index contributed by atoms with van der Waals surface area (Å²) in [6.45, 7) is 6.76. The molecule has 1 aromatic heterocycles. The maximum Gasteiger partial charge on any atom is 0.243 e. The van der Waals surface area contributed by atoms with Crippen LogP contribution in [0.3, 0.4) is 0 Å². The van der Waals surface area contributed by atoms with Crippen molar-refractivity contribution in [1.82, 2.24) is 15.3 Å². The van der Waals surface area contributed by atoms with E-state index in [0.717, 1.165) is 66.7 Å². The van der Waals surface area contributed by atoms with Crippen molar-refractivity contribution in [2.24, 2.45) is 5.41 Å². The van der Waals surface area contributed by atoms with Crippen LogP contribution >= 0.6 is 0 Å². The molecule has 0 radical (unpaired) electrons. The number of hydroxylamine groups is 1. The van der Waals surface area contributed by atoms with Crippen molar-refractivity contribution in [3.8, 4) is 5.69 Å². The molecule has 2 aromatic rings. The van der Waals surface area contributed by atoms with Crippen LogP contribution in [0.25, 0.3) is 5.69 Å². The summed E-state index contributed by atoms with van der Waals surface area (Å²) in [4.78, 5) is 35.2. The van der Waals surface area contributed by atoms with E-state index in [1.54, 1.807) is 11.5 Å². The number of fused-ring (bicyclic) bond motifs is 1. The first-order valence-corrected chi connectivity index (χ1v) is 11.1. The molecule has 1 aliphatic carbocycles. The lowest BCUT2D eigenvalue weighted by Gasteiger charge is -2.29. The molecule has 0 spiro atoms. The Kier molecular flexibility index (Phi) is 7.45. The highest BCUT2D eigenvalue weighted by Crippen LogP contribution is 2.37. The van der Waals surface area contributed by atoms with Crippen LogP contribution in [-0.2, 0) is 11.2 Å². The number of aldehydes is 1. The monoisotopic (exact) mass is 440 g/mol. The molecule has 172 valence electrons. The smallest absolute Gasteiger partial charge is 0.243 e. The van der Waals surface area contributed by atoms with Gasteiger partial charge in [-0.1, -0.05) is 26.7 Å². The Morgan fingerprint density at radius 1 is 1.22 bits per heavy atom. The lowest BCUT2D eigenvalue weighted by Crippen LogP contribution is -2.28. The number of ketones is 1. The molecule has 0 unspecified atom stereocenters. The number of hydrogen-bond acceptors (Lipinski definition) is 6. The van der Waals surface area contributed by atoms with Crippen molar-refractivity contribution >= 4 is 23.7 Å². The van der Waals surface area contributed by atoms with Gasteiger partial charge in [0.15, 0.2) is 12.1 Å². The maximum absolute atomic E-state index is 12.7. The fourth-order valence-electron chi connectivity index (χ4n) is 4.33. The fraction of sp³-hybridized carbons (Fsp3) is 0.500. The van der Waals surface area contributed by atoms with Gasteiger partial charge in [-0.25, -0.2) is 10.2 Å². The van der Waals surface area contributed by atoms with E-state index in [4.69, 9.17) is 5.21 Å². The Balaban J connectivity index is 1.71. The van der Waals surface area contributed by atoms with Gasteiger partial charge in [-0.2, -0.15) is 5.10 Å². The highest BCUT2D eigenvalue weighted by atomic mass is 16.5. The summed E-state index contributed by atoms with van der Waals surface area (Å²) < 4.78 is 1.84. The summed E-state index contributed by atoms with van der Waals surface area (Å²) in [5, 5.41) is 16.5. The highest BCUT2D eigenvalue weighted by Gasteiger charge is 2.35. The van der Waals surface area contributed by atoms with Crippen LogP contribution in [0.1, 0.15) is 84.5 Å². The summed E-state index contributed by atoms with van der Waals surface area (Å²) in [5.41, 5.74) is 6.05. The number of amides is 1. The van der Waals surface area contributed by atoms with Crippen LogP contribution in [-0.4, -0.2) is 39.5 Å². The second kappa shape index (κ2) is 10.1. The molecule has 0 atom stereocenters. The van der Waals surface area contributed by atoms with Crippen molar-refractivity contribution in [1.29, 1.82) is 0 Å². The predicted octanol–water partition coefficient (Wildman–Crippen LogP) is 4.02. The van der Waals surface area contributed by atoms with Crippen LogP contribution < -0.4 is 10.8 Å². The maximum atomic E-state index is 12.7. The number of nitrogens with one attached hydrogen (secondary N) is 2. The van der Waals surface area contributed by atoms with E-state index in [2.05, 4.69) is 24.3 Å². The van der Waals surface area contributed by atoms with E-state index in [1.807, 2.05) is 23.7 Å². The molecule has 1 aliphatic rings. The van der Waals surface area contributed by atoms with Gasteiger partial charge in [0.05, 0.1) is 22.6 Å². The van der Waals surface area contributed by atoms with Gasteiger partial charge in [-0.3, -0.25) is 19.6 Å². The van der Waals surface area contributed by atoms with Crippen molar-refractivity contribution in [3.63, 3.8) is 0 Å². The van der Waals surface area contributed by atoms with E-state index in [0.29, 0.717) is 24.9 Å². The Bertz CT molecular complexity index is 1010. The number of rotatable bonds is 10. The third-order valence-electron chi connectivity index (χ3n) is 5.90. The van der Waals surface area contributed by atoms with Gasteiger partial charge in [-0.15, -0.1) is 0 Å². The summed E-state index contributed by atoms with van der Waals surface area (Å²) in [7, 11) is 0. The van der Waals surface area contributed by atoms with Crippen LogP contribution in [0.2, 0.25) is 0 Å². The van der Waals surface area contributed by atoms with Gasteiger partial charge in [-0.05, 0) is 49.8 Å². The molecule has 1 aromatic carbocycles. The third-order valence-corrected chi connectivity index (χ3v) is 5.90. The quantitative estimate of drug-likeness (QED) is 0.223. The van der Waals surface area contributed by atoms with Gasteiger partial charge in [0, 0.05) is 30.6 Å². The summed E-state index contributed by atoms with van der Waals surface area (Å²) in [6.07, 6.45) is 5.87. The number of nitrogens with zero attached hydrogens (tertiary/aromatic N) is 2. The van der Waals surface area contributed by atoms with Gasteiger partial charge >= 0.3 is 0 Å². The van der Waals surface area contributed by atoms with Gasteiger partial charge in [0.1, 0.15) is 0 Å². The molecule has 1 heterocycles. The molecule has 32 heavy (non-hydrogen) atoms. The Labute approximate surface area is 188 Å². The molecule has 8 heteroatoms. The standard InChI is InChI=1S/C24H32N4O4/c1-16-23-20(13-24(2,3)14-21(23)30)28(26-16)18-10-9-17(15-29)19(12-18)25-11-7-5-4-6-8-22(31)27-32/h9-10,12,15,25,32H,4-8,11,13-14H2,1-3H3,(H,27,31). The largest absolute Gasteiger partial charge is 0.384 e. The number of unbranched alkanes of at least 4 members (excludes halogenated alkanes) is 3. The highest BCUT2D eigenvalue weighted by molar-refractivity contribution is 6.00. The molecule has 3 N–H and O–H groups in total. The SMILES string of the molecule is Cc1nn(-c2ccc(C=O)c(NCCCCCCC(=O)NO)c2)c2c1C(=O)CC(C)(C)C2. The van der Waals surface area contributed by atoms with E-state index >= 15 is 0 Å². The number of aromatic nitrogens is 2. The molecule has 0 saturated carbocycles. The molecule has 0 fully saturated rings. The zero-order valence-electron chi connectivity index (χ0n) is 19.0. The number of carbonyl (C=O) groups excluding carboxylic acids is 3. The molecular weight excluding hydrogens is 408 g/mol.